The number of benzene rings is 3. The monoisotopic (exact) mass is 278 g/mol. The fourth-order valence-corrected chi connectivity index (χ4v) is 2.30. The molecule has 0 heterocycles. The Morgan fingerprint density at radius 2 is 1.62 bits per heavy atom. The predicted molar refractivity (Wildman–Crippen MR) is 85.7 cm³/mol. The van der Waals surface area contributed by atoms with Crippen LogP contribution in [-0.4, -0.2) is 7.11 Å². The summed E-state index contributed by atoms with van der Waals surface area (Å²) in [5.41, 5.74) is 2.34. The third-order valence-corrected chi connectivity index (χ3v) is 3.37. The van der Waals surface area contributed by atoms with Crippen molar-refractivity contribution in [3.63, 3.8) is 0 Å². The molecule has 104 valence electrons. The number of fused-ring (bicyclic) bond motifs is 1. The molecule has 3 aromatic rings. The SMILES string of the molecule is COc1ccc(Nc2ccc(N=O)c3ccccc23)cc1. The van der Waals surface area contributed by atoms with Gasteiger partial charge in [-0.3, -0.25) is 0 Å². The zero-order chi connectivity index (χ0) is 14.7. The number of ether oxygens (including phenoxy) is 1. The van der Waals surface area contributed by atoms with E-state index in [1.807, 2.05) is 54.6 Å². The molecule has 0 amide bonds. The molecule has 0 saturated carbocycles. The first kappa shape index (κ1) is 13.1. The van der Waals surface area contributed by atoms with Crippen molar-refractivity contribution in [1.82, 2.24) is 0 Å². The molecule has 0 spiro atoms. The van der Waals surface area contributed by atoms with Crippen molar-refractivity contribution >= 4 is 27.8 Å². The number of rotatable bonds is 4. The van der Waals surface area contributed by atoms with Gasteiger partial charge in [-0.25, -0.2) is 0 Å². The van der Waals surface area contributed by atoms with Crippen LogP contribution in [0.3, 0.4) is 0 Å². The summed E-state index contributed by atoms with van der Waals surface area (Å²) >= 11 is 0. The highest BCUT2D eigenvalue weighted by Gasteiger charge is 2.06. The minimum atomic E-state index is 0.450. The first-order valence-corrected chi connectivity index (χ1v) is 6.58. The Morgan fingerprint density at radius 3 is 2.29 bits per heavy atom. The zero-order valence-electron chi connectivity index (χ0n) is 11.5. The molecule has 0 bridgehead atoms. The summed E-state index contributed by atoms with van der Waals surface area (Å²) in [4.78, 5) is 10.9. The molecule has 3 aromatic carbocycles. The molecule has 0 aliphatic rings. The molecule has 0 unspecified atom stereocenters. The summed E-state index contributed by atoms with van der Waals surface area (Å²) in [6.45, 7) is 0. The fourth-order valence-electron chi connectivity index (χ4n) is 2.30. The maximum absolute atomic E-state index is 10.9. The van der Waals surface area contributed by atoms with Crippen LogP contribution < -0.4 is 10.1 Å². The maximum Gasteiger partial charge on any atom is 0.119 e. The summed E-state index contributed by atoms with van der Waals surface area (Å²) in [7, 11) is 1.64. The molecule has 4 nitrogen and oxygen atoms in total. The van der Waals surface area contributed by atoms with Gasteiger partial charge in [-0.2, -0.15) is 0 Å². The Morgan fingerprint density at radius 1 is 0.905 bits per heavy atom. The van der Waals surface area contributed by atoms with Gasteiger partial charge >= 0.3 is 0 Å². The zero-order valence-corrected chi connectivity index (χ0v) is 11.5. The number of nitrogens with zero attached hydrogens (tertiary/aromatic N) is 1. The van der Waals surface area contributed by atoms with E-state index in [-0.39, 0.29) is 0 Å². The van der Waals surface area contributed by atoms with Gasteiger partial charge in [-0.05, 0) is 41.6 Å². The van der Waals surface area contributed by atoms with Crippen molar-refractivity contribution in [2.24, 2.45) is 5.18 Å². The normalized spacial score (nSPS) is 10.3. The third-order valence-electron chi connectivity index (χ3n) is 3.37. The minimum Gasteiger partial charge on any atom is -0.497 e. The first-order chi connectivity index (χ1) is 10.3. The van der Waals surface area contributed by atoms with E-state index >= 15 is 0 Å². The number of nitrogens with one attached hydrogen (secondary N) is 1. The Bertz CT molecular complexity index is 782. The molecule has 1 N–H and O–H groups in total. The summed E-state index contributed by atoms with van der Waals surface area (Å²) in [5, 5.41) is 8.23. The van der Waals surface area contributed by atoms with Gasteiger partial charge in [0.1, 0.15) is 11.4 Å². The molecule has 4 heteroatoms. The van der Waals surface area contributed by atoms with Gasteiger partial charge in [0.2, 0.25) is 0 Å². The van der Waals surface area contributed by atoms with E-state index < -0.39 is 0 Å². The maximum atomic E-state index is 10.9. The minimum absolute atomic E-state index is 0.450. The second kappa shape index (κ2) is 5.63. The van der Waals surface area contributed by atoms with Crippen LogP contribution in [0.25, 0.3) is 10.8 Å². The van der Waals surface area contributed by atoms with Crippen LogP contribution in [0.2, 0.25) is 0 Å². The number of hydrogen-bond donors (Lipinski definition) is 1. The smallest absolute Gasteiger partial charge is 0.119 e. The van der Waals surface area contributed by atoms with Gasteiger partial charge in [0.15, 0.2) is 0 Å². The molecule has 0 aliphatic carbocycles. The lowest BCUT2D eigenvalue weighted by Gasteiger charge is -2.11. The van der Waals surface area contributed by atoms with E-state index in [1.54, 1.807) is 13.2 Å². The largest absolute Gasteiger partial charge is 0.497 e. The van der Waals surface area contributed by atoms with Crippen molar-refractivity contribution in [2.75, 3.05) is 12.4 Å². The van der Waals surface area contributed by atoms with E-state index in [0.29, 0.717) is 5.69 Å². The Labute approximate surface area is 122 Å². The van der Waals surface area contributed by atoms with Crippen LogP contribution in [0.4, 0.5) is 17.1 Å². The van der Waals surface area contributed by atoms with Crippen molar-refractivity contribution in [1.29, 1.82) is 0 Å². The average Bonchev–Trinajstić information content (AvgIpc) is 2.56. The highest BCUT2D eigenvalue weighted by atomic mass is 16.5. The van der Waals surface area contributed by atoms with Gasteiger partial charge < -0.3 is 10.1 Å². The second-order valence-corrected chi connectivity index (χ2v) is 4.62. The fraction of sp³-hybridized carbons (Fsp3) is 0.0588. The molecule has 21 heavy (non-hydrogen) atoms. The quantitative estimate of drug-likeness (QED) is 0.684. The van der Waals surface area contributed by atoms with E-state index in [0.717, 1.165) is 27.9 Å². The Hall–Kier alpha value is -2.88. The highest BCUT2D eigenvalue weighted by Crippen LogP contribution is 2.33. The number of nitroso groups, excluding NO2 is 1. The molecule has 0 saturated heterocycles. The van der Waals surface area contributed by atoms with E-state index in [9.17, 15) is 4.91 Å². The van der Waals surface area contributed by atoms with Gasteiger partial charge in [0.25, 0.3) is 0 Å². The first-order valence-electron chi connectivity index (χ1n) is 6.58. The van der Waals surface area contributed by atoms with Crippen LogP contribution in [-0.2, 0) is 0 Å². The van der Waals surface area contributed by atoms with Gasteiger partial charge in [-0.15, -0.1) is 4.91 Å². The van der Waals surface area contributed by atoms with E-state index in [1.165, 1.54) is 0 Å². The third kappa shape index (κ3) is 2.56. The van der Waals surface area contributed by atoms with Crippen molar-refractivity contribution < 1.29 is 4.74 Å². The molecular formula is C17H14N2O2. The second-order valence-electron chi connectivity index (χ2n) is 4.62. The van der Waals surface area contributed by atoms with Gasteiger partial charge in [0, 0.05) is 22.1 Å². The molecule has 0 aliphatic heterocycles. The molecule has 0 aromatic heterocycles. The van der Waals surface area contributed by atoms with Crippen molar-refractivity contribution in [2.45, 2.75) is 0 Å². The standard InChI is InChI=1S/C17H14N2O2/c1-21-13-8-6-12(7-9-13)18-16-10-11-17(19-20)15-5-3-2-4-14(15)16/h2-11,18H,1H3. The molecular weight excluding hydrogens is 264 g/mol. The number of hydrogen-bond acceptors (Lipinski definition) is 4. The average molecular weight is 278 g/mol. The predicted octanol–water partition coefficient (Wildman–Crippen LogP) is 4.99. The number of anilines is 2. The van der Waals surface area contributed by atoms with Crippen LogP contribution >= 0.6 is 0 Å². The Kier molecular flexibility index (Phi) is 3.51. The topological polar surface area (TPSA) is 50.7 Å². The summed E-state index contributed by atoms with van der Waals surface area (Å²) in [6, 6.07) is 19.0. The summed E-state index contributed by atoms with van der Waals surface area (Å²) in [6.07, 6.45) is 0. The summed E-state index contributed by atoms with van der Waals surface area (Å²) < 4.78 is 5.15. The van der Waals surface area contributed by atoms with E-state index in [2.05, 4.69) is 10.5 Å². The highest BCUT2D eigenvalue weighted by molar-refractivity contribution is 6.01. The van der Waals surface area contributed by atoms with E-state index in [4.69, 9.17) is 4.74 Å². The molecule has 0 atom stereocenters. The van der Waals surface area contributed by atoms with Crippen LogP contribution in [0, 0.1) is 4.91 Å². The molecule has 0 fully saturated rings. The van der Waals surface area contributed by atoms with Crippen LogP contribution in [0.5, 0.6) is 5.75 Å². The summed E-state index contributed by atoms with van der Waals surface area (Å²) in [5.74, 6) is 0.811. The molecule has 0 radical (unpaired) electrons. The van der Waals surface area contributed by atoms with Crippen LogP contribution in [0.15, 0.2) is 65.8 Å². The molecule has 3 rings (SSSR count). The van der Waals surface area contributed by atoms with Gasteiger partial charge in [0.05, 0.1) is 7.11 Å². The van der Waals surface area contributed by atoms with Crippen LogP contribution in [0.1, 0.15) is 0 Å². The lowest BCUT2D eigenvalue weighted by Crippen LogP contribution is -1.92. The van der Waals surface area contributed by atoms with Crippen molar-refractivity contribution in [3.05, 3.63) is 65.6 Å². The lowest BCUT2D eigenvalue weighted by atomic mass is 10.1. The number of methoxy groups -OCH3 is 1. The Balaban J connectivity index is 2.02. The lowest BCUT2D eigenvalue weighted by molar-refractivity contribution is 0.415. The van der Waals surface area contributed by atoms with Crippen molar-refractivity contribution in [3.8, 4) is 5.75 Å². The van der Waals surface area contributed by atoms with Gasteiger partial charge in [-0.1, -0.05) is 24.3 Å².